The summed E-state index contributed by atoms with van der Waals surface area (Å²) in [5.41, 5.74) is 3.46. The van der Waals surface area contributed by atoms with E-state index < -0.39 is 0 Å². The lowest BCUT2D eigenvalue weighted by Crippen LogP contribution is -2.06. The fourth-order valence-electron chi connectivity index (χ4n) is 2.92. The maximum Gasteiger partial charge on any atom is 0.0960 e. The third-order valence-corrected chi connectivity index (χ3v) is 5.00. The van der Waals surface area contributed by atoms with Crippen LogP contribution in [0.25, 0.3) is 0 Å². The molecule has 3 nitrogen and oxygen atoms in total. The van der Waals surface area contributed by atoms with E-state index in [-0.39, 0.29) is 0 Å². The van der Waals surface area contributed by atoms with Gasteiger partial charge in [0, 0.05) is 17.0 Å². The topological polar surface area (TPSA) is 30.7 Å². The van der Waals surface area contributed by atoms with Crippen molar-refractivity contribution in [2.75, 3.05) is 0 Å². The third-order valence-electron chi connectivity index (χ3n) is 3.94. The molecule has 0 aliphatic heterocycles. The summed E-state index contributed by atoms with van der Waals surface area (Å²) < 4.78 is 2.05. The van der Waals surface area contributed by atoms with Gasteiger partial charge in [-0.15, -0.1) is 11.3 Å². The second kappa shape index (κ2) is 5.45. The van der Waals surface area contributed by atoms with E-state index in [9.17, 15) is 0 Å². The number of rotatable bonds is 3. The number of thiazole rings is 1. The maximum atomic E-state index is 4.84. The molecule has 3 rings (SSSR count). The fourth-order valence-corrected chi connectivity index (χ4v) is 3.90. The Morgan fingerprint density at radius 3 is 2.74 bits per heavy atom. The largest absolute Gasteiger partial charge is 0.264 e. The highest BCUT2D eigenvalue weighted by Gasteiger charge is 2.18. The van der Waals surface area contributed by atoms with Crippen LogP contribution in [0.4, 0.5) is 0 Å². The van der Waals surface area contributed by atoms with E-state index in [0.717, 1.165) is 17.9 Å². The van der Waals surface area contributed by atoms with Crippen molar-refractivity contribution in [2.24, 2.45) is 0 Å². The summed E-state index contributed by atoms with van der Waals surface area (Å²) in [5.74, 6) is 0.716. The van der Waals surface area contributed by atoms with Gasteiger partial charge in [0.25, 0.3) is 0 Å². The fraction of sp³-hybridized carbons (Fsp3) is 0.600. The molecule has 0 saturated heterocycles. The van der Waals surface area contributed by atoms with Crippen LogP contribution in [-0.2, 0) is 6.54 Å². The van der Waals surface area contributed by atoms with Gasteiger partial charge in [0.2, 0.25) is 0 Å². The zero-order valence-electron chi connectivity index (χ0n) is 11.7. The summed E-state index contributed by atoms with van der Waals surface area (Å²) in [6, 6.07) is 2.12. The van der Waals surface area contributed by atoms with Gasteiger partial charge in [-0.2, -0.15) is 5.10 Å². The molecule has 2 aromatic heterocycles. The van der Waals surface area contributed by atoms with Crippen LogP contribution in [0.2, 0.25) is 0 Å². The van der Waals surface area contributed by atoms with E-state index in [1.807, 2.05) is 18.3 Å². The quantitative estimate of drug-likeness (QED) is 0.846. The highest BCUT2D eigenvalue weighted by atomic mass is 32.1. The van der Waals surface area contributed by atoms with E-state index in [1.54, 1.807) is 0 Å². The van der Waals surface area contributed by atoms with Crippen molar-refractivity contribution < 1.29 is 0 Å². The van der Waals surface area contributed by atoms with Crippen LogP contribution in [0.5, 0.6) is 0 Å². The second-order valence-electron chi connectivity index (χ2n) is 5.60. The van der Waals surface area contributed by atoms with Crippen LogP contribution >= 0.6 is 11.3 Å². The van der Waals surface area contributed by atoms with Crippen molar-refractivity contribution in [3.63, 3.8) is 0 Å². The van der Waals surface area contributed by atoms with E-state index in [0.29, 0.717) is 5.92 Å². The molecule has 4 heteroatoms. The first kappa shape index (κ1) is 12.9. The van der Waals surface area contributed by atoms with Gasteiger partial charge in [0.05, 0.1) is 22.9 Å². The highest BCUT2D eigenvalue weighted by Crippen LogP contribution is 2.34. The average Bonchev–Trinajstić information content (AvgIpc) is 2.99. The monoisotopic (exact) mass is 275 g/mol. The predicted octanol–water partition coefficient (Wildman–Crippen LogP) is 4.05. The molecule has 2 heterocycles. The Morgan fingerprint density at radius 1 is 1.26 bits per heavy atom. The van der Waals surface area contributed by atoms with Crippen LogP contribution in [-0.4, -0.2) is 14.8 Å². The van der Waals surface area contributed by atoms with E-state index >= 15 is 0 Å². The molecular weight excluding hydrogens is 254 g/mol. The first-order valence-electron chi connectivity index (χ1n) is 7.18. The zero-order chi connectivity index (χ0) is 13.2. The summed E-state index contributed by atoms with van der Waals surface area (Å²) in [7, 11) is 0. The first-order chi connectivity index (χ1) is 9.22. The van der Waals surface area contributed by atoms with Crippen molar-refractivity contribution in [1.29, 1.82) is 0 Å². The zero-order valence-corrected chi connectivity index (χ0v) is 12.5. The van der Waals surface area contributed by atoms with E-state index in [4.69, 9.17) is 4.98 Å². The lowest BCUT2D eigenvalue weighted by atomic mass is 9.90. The molecule has 0 bridgehead atoms. The minimum Gasteiger partial charge on any atom is -0.264 e. The predicted molar refractivity (Wildman–Crippen MR) is 78.7 cm³/mol. The Labute approximate surface area is 118 Å². The summed E-state index contributed by atoms with van der Waals surface area (Å²) >= 11 is 1.84. The number of aromatic nitrogens is 3. The van der Waals surface area contributed by atoms with Crippen LogP contribution in [0.15, 0.2) is 11.4 Å². The first-order valence-corrected chi connectivity index (χ1v) is 8.05. The van der Waals surface area contributed by atoms with Gasteiger partial charge in [0.15, 0.2) is 0 Å². The molecule has 1 aliphatic rings. The molecule has 0 amide bonds. The molecule has 0 unspecified atom stereocenters. The van der Waals surface area contributed by atoms with Crippen molar-refractivity contribution in [1.82, 2.24) is 14.8 Å². The van der Waals surface area contributed by atoms with Crippen LogP contribution in [0.1, 0.15) is 60.1 Å². The second-order valence-corrected chi connectivity index (χ2v) is 6.49. The summed E-state index contributed by atoms with van der Waals surface area (Å²) in [6.07, 6.45) is 6.80. The number of hydrogen-bond acceptors (Lipinski definition) is 3. The molecule has 102 valence electrons. The smallest absolute Gasteiger partial charge is 0.0960 e. The Balaban J connectivity index is 1.72. The van der Waals surface area contributed by atoms with Crippen molar-refractivity contribution in [2.45, 2.75) is 58.4 Å². The van der Waals surface area contributed by atoms with Crippen molar-refractivity contribution in [3.05, 3.63) is 33.5 Å². The Bertz CT molecular complexity index is 549. The molecule has 0 radical (unpaired) electrons. The molecule has 1 fully saturated rings. The Kier molecular flexibility index (Phi) is 3.69. The number of hydrogen-bond donors (Lipinski definition) is 0. The average molecular weight is 275 g/mol. The van der Waals surface area contributed by atoms with Crippen molar-refractivity contribution >= 4 is 11.3 Å². The van der Waals surface area contributed by atoms with Crippen LogP contribution in [0, 0.1) is 13.8 Å². The summed E-state index contributed by atoms with van der Waals surface area (Å²) in [4.78, 5) is 4.84. The standard InChI is InChI=1S/C15H21N3S/c1-11-8-12(2)18(17-11)9-14-10-19-15(16-14)13-6-4-3-5-7-13/h8,10,13H,3-7,9H2,1-2H3. The van der Waals surface area contributed by atoms with Gasteiger partial charge >= 0.3 is 0 Å². The van der Waals surface area contributed by atoms with E-state index in [2.05, 4.69) is 28.2 Å². The highest BCUT2D eigenvalue weighted by molar-refractivity contribution is 7.09. The van der Waals surface area contributed by atoms with Gasteiger partial charge in [-0.1, -0.05) is 19.3 Å². The molecule has 0 atom stereocenters. The van der Waals surface area contributed by atoms with E-state index in [1.165, 1.54) is 42.8 Å². The molecule has 0 N–H and O–H groups in total. The van der Waals surface area contributed by atoms with Crippen LogP contribution in [0.3, 0.4) is 0 Å². The Morgan fingerprint density at radius 2 is 2.05 bits per heavy atom. The normalized spacial score (nSPS) is 16.9. The number of aryl methyl sites for hydroxylation is 2. The molecule has 0 aromatic carbocycles. The van der Waals surface area contributed by atoms with Gasteiger partial charge in [-0.3, -0.25) is 4.68 Å². The van der Waals surface area contributed by atoms with Gasteiger partial charge in [-0.25, -0.2) is 4.98 Å². The molecule has 1 saturated carbocycles. The molecule has 19 heavy (non-hydrogen) atoms. The maximum absolute atomic E-state index is 4.84. The third kappa shape index (κ3) is 2.89. The number of nitrogens with zero attached hydrogens (tertiary/aromatic N) is 3. The molecule has 1 aliphatic carbocycles. The molecule has 2 aromatic rings. The van der Waals surface area contributed by atoms with Crippen LogP contribution < -0.4 is 0 Å². The van der Waals surface area contributed by atoms with Gasteiger partial charge in [0.1, 0.15) is 0 Å². The van der Waals surface area contributed by atoms with Gasteiger partial charge in [-0.05, 0) is 32.8 Å². The molecular formula is C15H21N3S. The molecule has 0 spiro atoms. The Hall–Kier alpha value is -1.16. The minimum absolute atomic E-state index is 0.716. The lowest BCUT2D eigenvalue weighted by Gasteiger charge is -2.18. The minimum atomic E-state index is 0.716. The summed E-state index contributed by atoms with van der Waals surface area (Å²) in [5, 5.41) is 8.06. The SMILES string of the molecule is Cc1cc(C)n(Cc2csc(C3CCCCC3)n2)n1. The van der Waals surface area contributed by atoms with Crippen molar-refractivity contribution in [3.8, 4) is 0 Å². The summed E-state index contributed by atoms with van der Waals surface area (Å²) in [6.45, 7) is 4.95. The lowest BCUT2D eigenvalue weighted by molar-refractivity contribution is 0.441. The van der Waals surface area contributed by atoms with Gasteiger partial charge < -0.3 is 0 Å².